The molecule has 0 aromatic heterocycles. The van der Waals surface area contributed by atoms with Gasteiger partial charge in [0.1, 0.15) is 0 Å². The maximum absolute atomic E-state index is 13.2. The van der Waals surface area contributed by atoms with E-state index in [2.05, 4.69) is 90.9 Å². The number of anilines is 1. The van der Waals surface area contributed by atoms with E-state index in [4.69, 9.17) is 0 Å². The highest BCUT2D eigenvalue weighted by molar-refractivity contribution is 9.10. The lowest BCUT2D eigenvalue weighted by atomic mass is 9.98. The van der Waals surface area contributed by atoms with Gasteiger partial charge in [-0.1, -0.05) is 111 Å². The van der Waals surface area contributed by atoms with Gasteiger partial charge in [-0.3, -0.25) is 9.69 Å². The van der Waals surface area contributed by atoms with Crippen molar-refractivity contribution >= 4 is 27.5 Å². The Kier molecular flexibility index (Phi) is 17.9. The zero-order chi connectivity index (χ0) is 31.5. The number of allylic oxidation sites excluding steroid dienone is 12. The molecule has 0 radical (unpaired) electrons. The topological polar surface area (TPSA) is 44.4 Å². The summed E-state index contributed by atoms with van der Waals surface area (Å²) in [6, 6.07) is 5.97. The van der Waals surface area contributed by atoms with Crippen molar-refractivity contribution in [3.05, 3.63) is 129 Å². The summed E-state index contributed by atoms with van der Waals surface area (Å²) in [6.07, 6.45) is 21.8. The van der Waals surface area contributed by atoms with Crippen molar-refractivity contribution in [1.82, 2.24) is 10.6 Å². The van der Waals surface area contributed by atoms with Crippen LogP contribution < -0.4 is 15.5 Å². The normalized spacial score (nSPS) is 16.6. The molecule has 1 amide bonds. The average molecular weight is 633 g/mol. The van der Waals surface area contributed by atoms with E-state index in [0.29, 0.717) is 0 Å². The summed E-state index contributed by atoms with van der Waals surface area (Å²) in [5.74, 6) is -0.0335. The molecule has 0 saturated carbocycles. The van der Waals surface area contributed by atoms with E-state index in [1.807, 2.05) is 76.4 Å². The second-order valence-corrected chi connectivity index (χ2v) is 10.2. The van der Waals surface area contributed by atoms with Crippen LogP contribution in [0.4, 0.5) is 5.69 Å². The van der Waals surface area contributed by atoms with E-state index >= 15 is 0 Å². The molecule has 0 fully saturated rings. The minimum atomic E-state index is -0.132. The van der Waals surface area contributed by atoms with Gasteiger partial charge in [0.25, 0.3) is 0 Å². The Morgan fingerprint density at radius 1 is 1.17 bits per heavy atom. The predicted octanol–water partition coefficient (Wildman–Crippen LogP) is 9.59. The Morgan fingerprint density at radius 2 is 1.90 bits per heavy atom. The fraction of sp³-hybridized carbons (Fsp3) is 0.351. The third-order valence-corrected chi connectivity index (χ3v) is 7.30. The fourth-order valence-electron chi connectivity index (χ4n) is 4.56. The van der Waals surface area contributed by atoms with Gasteiger partial charge in [0.05, 0.1) is 17.3 Å². The first kappa shape index (κ1) is 36.7. The summed E-state index contributed by atoms with van der Waals surface area (Å²) in [7, 11) is 1.96. The molecule has 0 spiro atoms. The molecule has 1 aliphatic heterocycles. The molecule has 1 heterocycles. The maximum atomic E-state index is 13.2. The van der Waals surface area contributed by atoms with Crippen molar-refractivity contribution in [2.24, 2.45) is 0 Å². The first-order valence-corrected chi connectivity index (χ1v) is 15.8. The monoisotopic (exact) mass is 631 g/mol. The Hall–Kier alpha value is -3.37. The summed E-state index contributed by atoms with van der Waals surface area (Å²) >= 11 is 3.62. The van der Waals surface area contributed by atoms with Crippen molar-refractivity contribution in [3.63, 3.8) is 0 Å². The molecule has 1 unspecified atom stereocenters. The molecule has 4 nitrogen and oxygen atoms in total. The lowest BCUT2D eigenvalue weighted by molar-refractivity contribution is -0.118. The van der Waals surface area contributed by atoms with Crippen LogP contribution in [-0.4, -0.2) is 26.0 Å². The van der Waals surface area contributed by atoms with Crippen LogP contribution in [0.1, 0.15) is 72.8 Å². The van der Waals surface area contributed by atoms with Crippen molar-refractivity contribution in [2.75, 3.05) is 25.0 Å². The smallest absolute Gasteiger partial charge is 0.239 e. The summed E-state index contributed by atoms with van der Waals surface area (Å²) < 4.78 is 0.981. The second-order valence-electron chi connectivity index (χ2n) is 9.32. The standard InChI is InChI=1S/C25H24BrNO.C10H20N2.C2H6/c1-4-7-11-18(10-5-2)19-12-8-13-20(17-16-19)27-23-15-9-14-22(26)24(23)21(6-3)25(27)28;1-5-7-9(3)10(11-4)8-12-6-2;1-2/h5,7-12,14-17,21H,2,4,6H2,1,3H3;5,7,11-12H,6,8H2,1-4H3;1-2H3/b11-7-,18-10+;7-5-,10-9-;. The zero-order valence-electron chi connectivity index (χ0n) is 26.9. The summed E-state index contributed by atoms with van der Waals surface area (Å²) in [6.45, 7) is 20.2. The Balaban J connectivity index is 0.000000532. The van der Waals surface area contributed by atoms with E-state index in [-0.39, 0.29) is 11.8 Å². The molecule has 0 bridgehead atoms. The molecule has 42 heavy (non-hydrogen) atoms. The molecular formula is C37H50BrN3O. The number of hydrogen-bond donors (Lipinski definition) is 2. The SMILES string of the molecule is C/C=C\C(C)=C(\CNCC)NC.C=C/C=C(\C=C/CC)C1=CC=C=C(N2C(=O)C(CC)c3c(Br)cccc32)C=C1.CC. The van der Waals surface area contributed by atoms with Gasteiger partial charge in [-0.25, -0.2) is 0 Å². The van der Waals surface area contributed by atoms with Crippen LogP contribution in [0.3, 0.4) is 0 Å². The van der Waals surface area contributed by atoms with E-state index < -0.39 is 0 Å². The van der Waals surface area contributed by atoms with Gasteiger partial charge in [0.15, 0.2) is 0 Å². The van der Waals surface area contributed by atoms with Crippen LogP contribution in [0, 0.1) is 0 Å². The number of carbonyl (C=O) groups excluding carboxylic acids is 1. The van der Waals surface area contributed by atoms with Gasteiger partial charge < -0.3 is 10.6 Å². The second kappa shape index (κ2) is 20.5. The molecule has 0 saturated heterocycles. The molecule has 226 valence electrons. The fourth-order valence-corrected chi connectivity index (χ4v) is 5.19. The minimum Gasteiger partial charge on any atom is -0.390 e. The van der Waals surface area contributed by atoms with E-state index in [1.165, 1.54) is 11.3 Å². The largest absolute Gasteiger partial charge is 0.390 e. The van der Waals surface area contributed by atoms with Crippen molar-refractivity contribution in [1.29, 1.82) is 0 Å². The van der Waals surface area contributed by atoms with Crippen molar-refractivity contribution in [2.45, 2.75) is 67.2 Å². The number of halogens is 1. The number of fused-ring (bicyclic) bond motifs is 1. The maximum Gasteiger partial charge on any atom is 0.239 e. The van der Waals surface area contributed by atoms with Crippen molar-refractivity contribution in [3.8, 4) is 0 Å². The number of nitrogens with zero attached hydrogens (tertiary/aromatic N) is 1. The highest BCUT2D eigenvalue weighted by Gasteiger charge is 2.38. The number of nitrogens with one attached hydrogen (secondary N) is 2. The van der Waals surface area contributed by atoms with Crippen LogP contribution in [0.2, 0.25) is 0 Å². The number of likely N-dealkylation sites (N-methyl/N-ethyl adjacent to an activating group) is 2. The molecular weight excluding hydrogens is 582 g/mol. The van der Waals surface area contributed by atoms with Crippen LogP contribution in [0.15, 0.2) is 124 Å². The van der Waals surface area contributed by atoms with Gasteiger partial charge in [-0.05, 0) is 80.3 Å². The van der Waals surface area contributed by atoms with Gasteiger partial charge in [0.2, 0.25) is 5.91 Å². The third-order valence-electron chi connectivity index (χ3n) is 6.61. The summed E-state index contributed by atoms with van der Waals surface area (Å²) in [5, 5.41) is 6.47. The third kappa shape index (κ3) is 10.2. The van der Waals surface area contributed by atoms with Crippen LogP contribution >= 0.6 is 15.9 Å². The molecule has 1 aliphatic carbocycles. The Morgan fingerprint density at radius 3 is 2.50 bits per heavy atom. The van der Waals surface area contributed by atoms with Gasteiger partial charge >= 0.3 is 0 Å². The molecule has 1 atom stereocenters. The quantitative estimate of drug-likeness (QED) is 0.189. The summed E-state index contributed by atoms with van der Waals surface area (Å²) in [5.41, 5.74) is 10.7. The lowest BCUT2D eigenvalue weighted by Gasteiger charge is -2.17. The Bertz CT molecular complexity index is 1300. The van der Waals surface area contributed by atoms with Crippen LogP contribution in [-0.2, 0) is 4.79 Å². The minimum absolute atomic E-state index is 0.0983. The number of hydrogen-bond acceptors (Lipinski definition) is 3. The van der Waals surface area contributed by atoms with Gasteiger partial charge in [-0.15, -0.1) is 0 Å². The van der Waals surface area contributed by atoms with Crippen molar-refractivity contribution < 1.29 is 4.79 Å². The zero-order valence-corrected chi connectivity index (χ0v) is 28.4. The number of rotatable bonds is 11. The Labute approximate surface area is 263 Å². The summed E-state index contributed by atoms with van der Waals surface area (Å²) in [4.78, 5) is 14.9. The highest BCUT2D eigenvalue weighted by Crippen LogP contribution is 2.45. The number of carbonyl (C=O) groups is 1. The van der Waals surface area contributed by atoms with Gasteiger partial charge in [0, 0.05) is 29.3 Å². The molecule has 3 rings (SSSR count). The lowest BCUT2D eigenvalue weighted by Crippen LogP contribution is -2.26. The molecule has 1 aromatic rings. The van der Waals surface area contributed by atoms with E-state index in [1.54, 1.807) is 11.0 Å². The van der Waals surface area contributed by atoms with Crippen LogP contribution in [0.5, 0.6) is 0 Å². The molecule has 5 heteroatoms. The first-order chi connectivity index (χ1) is 20.4. The average Bonchev–Trinajstić information content (AvgIpc) is 3.12. The molecule has 2 N–H and O–H groups in total. The van der Waals surface area contributed by atoms with E-state index in [9.17, 15) is 4.79 Å². The highest BCUT2D eigenvalue weighted by atomic mass is 79.9. The molecule has 1 aromatic carbocycles. The first-order valence-electron chi connectivity index (χ1n) is 15.1. The van der Waals surface area contributed by atoms with Crippen LogP contribution in [0.25, 0.3) is 0 Å². The number of amides is 1. The predicted molar refractivity (Wildman–Crippen MR) is 188 cm³/mol. The van der Waals surface area contributed by atoms with Gasteiger partial charge in [-0.2, -0.15) is 0 Å². The number of benzene rings is 1. The van der Waals surface area contributed by atoms with E-state index in [0.717, 1.165) is 58.5 Å². The molecule has 2 aliphatic rings.